The first-order valence-electron chi connectivity index (χ1n) is 9.33. The van der Waals surface area contributed by atoms with E-state index in [9.17, 15) is 13.2 Å². The van der Waals surface area contributed by atoms with E-state index in [-0.39, 0.29) is 22.7 Å². The number of anilines is 1. The molecule has 3 aromatic rings. The number of aromatic nitrogens is 2. The van der Waals surface area contributed by atoms with E-state index >= 15 is 0 Å². The van der Waals surface area contributed by atoms with Gasteiger partial charge in [0.25, 0.3) is 10.0 Å². The number of carbonyl (C=O) groups is 1. The van der Waals surface area contributed by atoms with Gasteiger partial charge < -0.3 is 4.42 Å². The third-order valence-electron chi connectivity index (χ3n) is 4.79. The van der Waals surface area contributed by atoms with Crippen molar-refractivity contribution >= 4 is 44.9 Å². The lowest BCUT2D eigenvalue weighted by Gasteiger charge is -2.32. The van der Waals surface area contributed by atoms with E-state index < -0.39 is 22.0 Å². The number of halogens is 1. The zero-order valence-corrected chi connectivity index (χ0v) is 18.4. The number of nitrogens with one attached hydrogen (secondary N) is 1. The number of aryl methyl sites for hydroxylation is 1. The van der Waals surface area contributed by atoms with Crippen LogP contribution in [-0.4, -0.2) is 41.4 Å². The summed E-state index contributed by atoms with van der Waals surface area (Å²) in [5.41, 5.74) is 1.77. The van der Waals surface area contributed by atoms with Crippen molar-refractivity contribution in [2.24, 2.45) is 0 Å². The number of carbonyl (C=O) groups excluding carboxylic acids is 1. The predicted octanol–water partition coefficient (Wildman–Crippen LogP) is 3.94. The number of rotatable bonds is 5. The first-order chi connectivity index (χ1) is 14.3. The van der Waals surface area contributed by atoms with Gasteiger partial charge in [0.15, 0.2) is 0 Å². The van der Waals surface area contributed by atoms with Crippen LogP contribution in [0.25, 0.3) is 11.5 Å². The third kappa shape index (κ3) is 4.27. The van der Waals surface area contributed by atoms with Gasteiger partial charge in [0, 0.05) is 12.1 Å². The van der Waals surface area contributed by atoms with Crippen LogP contribution in [0.5, 0.6) is 0 Å². The van der Waals surface area contributed by atoms with E-state index in [1.54, 1.807) is 0 Å². The molecule has 2 aromatic heterocycles. The Labute approximate surface area is 182 Å². The molecule has 1 unspecified atom stereocenters. The van der Waals surface area contributed by atoms with Crippen molar-refractivity contribution in [1.29, 1.82) is 0 Å². The second-order valence-corrected chi connectivity index (χ2v) is 10.8. The number of hydrogen-bond acceptors (Lipinski definition) is 7. The lowest BCUT2D eigenvalue weighted by Crippen LogP contribution is -2.49. The van der Waals surface area contributed by atoms with E-state index in [2.05, 4.69) is 15.5 Å². The van der Waals surface area contributed by atoms with Gasteiger partial charge in [-0.1, -0.05) is 40.8 Å². The molecule has 1 aliphatic heterocycles. The molecule has 1 amide bonds. The van der Waals surface area contributed by atoms with Crippen molar-refractivity contribution in [3.05, 3.63) is 46.3 Å². The summed E-state index contributed by atoms with van der Waals surface area (Å²) in [7, 11) is -3.83. The van der Waals surface area contributed by atoms with Crippen molar-refractivity contribution in [1.82, 2.24) is 14.5 Å². The van der Waals surface area contributed by atoms with Crippen molar-refractivity contribution in [2.45, 2.75) is 36.4 Å². The minimum atomic E-state index is -3.83. The number of sulfonamides is 1. The van der Waals surface area contributed by atoms with Gasteiger partial charge in [-0.25, -0.2) is 8.42 Å². The first kappa shape index (κ1) is 21.0. The molecule has 1 fully saturated rings. The molecular formula is C19H19ClN4O4S2. The maximum Gasteiger partial charge on any atom is 0.322 e. The molecule has 1 saturated heterocycles. The van der Waals surface area contributed by atoms with Gasteiger partial charge in [-0.2, -0.15) is 4.31 Å². The Morgan fingerprint density at radius 2 is 2.10 bits per heavy atom. The molecule has 0 saturated carbocycles. The fourth-order valence-electron chi connectivity index (χ4n) is 3.36. The van der Waals surface area contributed by atoms with Gasteiger partial charge >= 0.3 is 6.01 Å². The Kier molecular flexibility index (Phi) is 5.92. The summed E-state index contributed by atoms with van der Waals surface area (Å²) < 4.78 is 33.3. The number of piperidine rings is 1. The monoisotopic (exact) mass is 466 g/mol. The largest absolute Gasteiger partial charge is 0.403 e. The van der Waals surface area contributed by atoms with E-state index in [1.807, 2.05) is 31.2 Å². The molecule has 0 spiro atoms. The summed E-state index contributed by atoms with van der Waals surface area (Å²) in [4.78, 5) is 12.9. The fraction of sp³-hybridized carbons (Fsp3) is 0.316. The molecule has 11 heteroatoms. The Morgan fingerprint density at radius 3 is 2.83 bits per heavy atom. The molecule has 158 valence electrons. The van der Waals surface area contributed by atoms with Crippen LogP contribution in [0, 0.1) is 6.92 Å². The van der Waals surface area contributed by atoms with Crippen LogP contribution in [0.2, 0.25) is 4.34 Å². The highest BCUT2D eigenvalue weighted by Crippen LogP contribution is 2.32. The number of thiophene rings is 1. The Hall–Kier alpha value is -2.27. The van der Waals surface area contributed by atoms with Crippen LogP contribution < -0.4 is 5.32 Å². The highest BCUT2D eigenvalue weighted by Gasteiger charge is 2.38. The summed E-state index contributed by atoms with van der Waals surface area (Å²) in [5.74, 6) is -0.226. The highest BCUT2D eigenvalue weighted by molar-refractivity contribution is 7.91. The van der Waals surface area contributed by atoms with Crippen LogP contribution in [-0.2, 0) is 14.8 Å². The van der Waals surface area contributed by atoms with Crippen molar-refractivity contribution < 1.29 is 17.6 Å². The van der Waals surface area contributed by atoms with Gasteiger partial charge in [0.2, 0.25) is 11.8 Å². The fourth-order valence-corrected chi connectivity index (χ4v) is 6.63. The molecule has 3 heterocycles. The van der Waals surface area contributed by atoms with Crippen LogP contribution in [0.4, 0.5) is 6.01 Å². The summed E-state index contributed by atoms with van der Waals surface area (Å²) >= 11 is 6.87. The van der Waals surface area contributed by atoms with Crippen molar-refractivity contribution in [3.63, 3.8) is 0 Å². The van der Waals surface area contributed by atoms with E-state index in [0.29, 0.717) is 17.2 Å². The third-order valence-corrected chi connectivity index (χ3v) is 8.39. The molecular weight excluding hydrogens is 448 g/mol. The number of hydrogen-bond donors (Lipinski definition) is 1. The molecule has 1 aromatic carbocycles. The van der Waals surface area contributed by atoms with Gasteiger partial charge in [0.1, 0.15) is 10.3 Å². The molecule has 1 atom stereocenters. The molecule has 4 rings (SSSR count). The maximum atomic E-state index is 13.0. The van der Waals surface area contributed by atoms with E-state index in [4.69, 9.17) is 16.0 Å². The quantitative estimate of drug-likeness (QED) is 0.610. The van der Waals surface area contributed by atoms with Crippen LogP contribution in [0.1, 0.15) is 24.8 Å². The number of amides is 1. The van der Waals surface area contributed by atoms with Crippen LogP contribution >= 0.6 is 22.9 Å². The molecule has 8 nitrogen and oxygen atoms in total. The highest BCUT2D eigenvalue weighted by atomic mass is 35.5. The van der Waals surface area contributed by atoms with Crippen LogP contribution in [0.15, 0.2) is 45.0 Å². The second kappa shape index (κ2) is 8.46. The Bertz CT molecular complexity index is 1170. The standard InChI is InChI=1S/C19H19ClN4O4S2/c1-12-5-4-6-13(11-12)18-22-23-19(28-18)21-17(25)14-7-2-3-10-24(14)30(26,27)16-9-8-15(20)29-16/h4-6,8-9,11,14H,2-3,7,10H2,1H3,(H,21,23,25). The summed E-state index contributed by atoms with van der Waals surface area (Å²) in [6.07, 6.45) is 1.83. The lowest BCUT2D eigenvalue weighted by molar-refractivity contribution is -0.120. The van der Waals surface area contributed by atoms with Gasteiger partial charge in [-0.05, 0) is 44.0 Å². The zero-order chi connectivity index (χ0) is 21.3. The Balaban J connectivity index is 1.53. The molecule has 0 bridgehead atoms. The average Bonchev–Trinajstić information content (AvgIpc) is 3.37. The number of benzene rings is 1. The van der Waals surface area contributed by atoms with Crippen molar-refractivity contribution in [3.8, 4) is 11.5 Å². The minimum absolute atomic E-state index is 0.0707. The van der Waals surface area contributed by atoms with Gasteiger partial charge in [-0.3, -0.25) is 10.1 Å². The van der Waals surface area contributed by atoms with E-state index in [1.165, 1.54) is 16.4 Å². The molecule has 0 aliphatic carbocycles. The first-order valence-corrected chi connectivity index (χ1v) is 12.0. The average molecular weight is 467 g/mol. The summed E-state index contributed by atoms with van der Waals surface area (Å²) in [5, 5.41) is 10.4. The van der Waals surface area contributed by atoms with Gasteiger partial charge in [-0.15, -0.1) is 16.4 Å². The topological polar surface area (TPSA) is 105 Å². The SMILES string of the molecule is Cc1cccc(-c2nnc(NC(=O)C3CCCCN3S(=O)(=O)c3ccc(Cl)s3)o2)c1. The number of nitrogens with zero attached hydrogens (tertiary/aromatic N) is 3. The summed E-state index contributed by atoms with van der Waals surface area (Å²) in [6, 6.07) is 9.59. The van der Waals surface area contributed by atoms with Crippen LogP contribution in [0.3, 0.4) is 0 Å². The smallest absolute Gasteiger partial charge is 0.322 e. The minimum Gasteiger partial charge on any atom is -0.403 e. The maximum absolute atomic E-state index is 13.0. The van der Waals surface area contributed by atoms with Gasteiger partial charge in [0.05, 0.1) is 4.34 Å². The zero-order valence-electron chi connectivity index (χ0n) is 16.0. The van der Waals surface area contributed by atoms with Crippen molar-refractivity contribution in [2.75, 3.05) is 11.9 Å². The molecule has 0 radical (unpaired) electrons. The molecule has 1 aliphatic rings. The van der Waals surface area contributed by atoms with E-state index in [0.717, 1.165) is 28.9 Å². The lowest BCUT2D eigenvalue weighted by atomic mass is 10.0. The molecule has 30 heavy (non-hydrogen) atoms. The predicted molar refractivity (Wildman–Crippen MR) is 114 cm³/mol. The summed E-state index contributed by atoms with van der Waals surface area (Å²) in [6.45, 7) is 2.20. The second-order valence-electron chi connectivity index (χ2n) is 6.96. The molecule has 1 N–H and O–H groups in total. The Morgan fingerprint density at radius 1 is 1.27 bits per heavy atom. The normalized spacial score (nSPS) is 17.7.